The van der Waals surface area contributed by atoms with Gasteiger partial charge in [-0.05, 0) is 42.8 Å². The lowest BCUT2D eigenvalue weighted by atomic mass is 10.1. The first kappa shape index (κ1) is 21.5. The van der Waals surface area contributed by atoms with Crippen LogP contribution < -0.4 is 4.90 Å². The predicted octanol–water partition coefficient (Wildman–Crippen LogP) is 4.64. The number of amides is 1. The fraction of sp³-hybridized carbons (Fsp3) is 0.250. The molecule has 8 heteroatoms. The van der Waals surface area contributed by atoms with E-state index in [0.29, 0.717) is 26.2 Å². The van der Waals surface area contributed by atoms with Crippen LogP contribution in [0.3, 0.4) is 0 Å². The predicted molar refractivity (Wildman–Crippen MR) is 115 cm³/mol. The largest absolute Gasteiger partial charge is 0.416 e. The smallest absolute Gasteiger partial charge is 0.368 e. The Labute approximate surface area is 183 Å². The minimum absolute atomic E-state index is 0.0798. The van der Waals surface area contributed by atoms with Crippen molar-refractivity contribution in [2.75, 3.05) is 31.1 Å². The third kappa shape index (κ3) is 4.06. The van der Waals surface area contributed by atoms with Crippen molar-refractivity contribution in [3.05, 3.63) is 83.2 Å². The van der Waals surface area contributed by atoms with Crippen molar-refractivity contribution < 1.29 is 18.0 Å². The van der Waals surface area contributed by atoms with Crippen molar-refractivity contribution in [2.24, 2.45) is 0 Å². The van der Waals surface area contributed by atoms with Gasteiger partial charge in [0.1, 0.15) is 11.8 Å². The number of piperazine rings is 1. The molecule has 0 unspecified atom stereocenters. The first-order valence-corrected chi connectivity index (χ1v) is 10.2. The summed E-state index contributed by atoms with van der Waals surface area (Å²) in [5.41, 5.74) is 1.85. The Morgan fingerprint density at radius 1 is 1.00 bits per heavy atom. The van der Waals surface area contributed by atoms with Crippen LogP contribution in [0.15, 0.2) is 60.8 Å². The summed E-state index contributed by atoms with van der Waals surface area (Å²) in [4.78, 5) is 17.2. The van der Waals surface area contributed by atoms with Gasteiger partial charge in [0.25, 0.3) is 5.91 Å². The van der Waals surface area contributed by atoms with Gasteiger partial charge >= 0.3 is 6.18 Å². The molecule has 1 aliphatic rings. The molecule has 164 valence electrons. The summed E-state index contributed by atoms with van der Waals surface area (Å²) in [6.45, 7) is 4.19. The van der Waals surface area contributed by atoms with E-state index in [4.69, 9.17) is 0 Å². The summed E-state index contributed by atoms with van der Waals surface area (Å²) in [6.07, 6.45) is -3.04. The van der Waals surface area contributed by atoms with E-state index >= 15 is 0 Å². The van der Waals surface area contributed by atoms with Crippen molar-refractivity contribution in [2.45, 2.75) is 13.1 Å². The molecule has 2 aromatic carbocycles. The van der Waals surface area contributed by atoms with Gasteiger partial charge in [-0.15, -0.1) is 0 Å². The maximum absolute atomic E-state index is 13.3. The van der Waals surface area contributed by atoms with Gasteiger partial charge in [0, 0.05) is 43.8 Å². The molecule has 32 heavy (non-hydrogen) atoms. The summed E-state index contributed by atoms with van der Waals surface area (Å²) in [5, 5.41) is 9.51. The number of aromatic nitrogens is 1. The standard InChI is InChI=1S/C24H21F3N4O/c1-17-5-2-3-8-21(17)29-11-13-30(14-12-29)23(32)22-18(16-28)9-10-31(22)20-7-4-6-19(15-20)24(25,26)27/h2-10,15H,11-14H2,1H3. The first-order chi connectivity index (χ1) is 15.3. The van der Waals surface area contributed by atoms with E-state index in [1.807, 2.05) is 37.3 Å². The van der Waals surface area contributed by atoms with Crippen molar-refractivity contribution in [3.8, 4) is 11.8 Å². The third-order valence-corrected chi connectivity index (χ3v) is 5.68. The van der Waals surface area contributed by atoms with Crippen LogP contribution >= 0.6 is 0 Å². The van der Waals surface area contributed by atoms with Gasteiger partial charge < -0.3 is 14.4 Å². The van der Waals surface area contributed by atoms with Crippen molar-refractivity contribution >= 4 is 11.6 Å². The average molecular weight is 438 g/mol. The molecule has 0 aliphatic carbocycles. The van der Waals surface area contributed by atoms with Gasteiger partial charge in [0.15, 0.2) is 0 Å². The van der Waals surface area contributed by atoms with Crippen LogP contribution in [0, 0.1) is 18.3 Å². The normalized spacial score (nSPS) is 14.3. The molecule has 0 N–H and O–H groups in total. The van der Waals surface area contributed by atoms with E-state index in [0.717, 1.165) is 23.4 Å². The zero-order valence-corrected chi connectivity index (χ0v) is 17.4. The topological polar surface area (TPSA) is 52.3 Å². The number of halogens is 3. The van der Waals surface area contributed by atoms with E-state index in [-0.39, 0.29) is 22.9 Å². The van der Waals surface area contributed by atoms with Crippen LogP contribution in [-0.4, -0.2) is 41.6 Å². The fourth-order valence-corrected chi connectivity index (χ4v) is 4.01. The average Bonchev–Trinajstić information content (AvgIpc) is 3.23. The zero-order chi connectivity index (χ0) is 22.9. The molecule has 1 saturated heterocycles. The zero-order valence-electron chi connectivity index (χ0n) is 17.4. The number of carbonyl (C=O) groups excluding carboxylic acids is 1. The molecule has 1 amide bonds. The van der Waals surface area contributed by atoms with E-state index in [9.17, 15) is 23.2 Å². The van der Waals surface area contributed by atoms with Crippen LogP contribution in [-0.2, 0) is 6.18 Å². The fourth-order valence-electron chi connectivity index (χ4n) is 4.01. The van der Waals surface area contributed by atoms with E-state index in [2.05, 4.69) is 4.90 Å². The molecular weight excluding hydrogens is 417 g/mol. The van der Waals surface area contributed by atoms with Crippen LogP contribution in [0.5, 0.6) is 0 Å². The van der Waals surface area contributed by atoms with E-state index < -0.39 is 11.7 Å². The Balaban J connectivity index is 1.60. The third-order valence-electron chi connectivity index (χ3n) is 5.68. The maximum Gasteiger partial charge on any atom is 0.416 e. The number of benzene rings is 2. The van der Waals surface area contributed by atoms with E-state index in [1.165, 1.54) is 29.0 Å². The molecule has 1 aromatic heterocycles. The Hall–Kier alpha value is -3.73. The first-order valence-electron chi connectivity index (χ1n) is 10.2. The molecule has 0 spiro atoms. The summed E-state index contributed by atoms with van der Waals surface area (Å²) < 4.78 is 40.9. The van der Waals surface area contributed by atoms with Crippen molar-refractivity contribution in [1.82, 2.24) is 9.47 Å². The highest BCUT2D eigenvalue weighted by Gasteiger charge is 2.32. The quantitative estimate of drug-likeness (QED) is 0.599. The molecule has 4 rings (SSSR count). The molecule has 2 heterocycles. The number of anilines is 1. The molecular formula is C24H21F3N4O. The molecule has 0 saturated carbocycles. The number of alkyl halides is 3. The molecule has 1 fully saturated rings. The van der Waals surface area contributed by atoms with Gasteiger partial charge in [-0.2, -0.15) is 18.4 Å². The second-order valence-corrected chi connectivity index (χ2v) is 7.67. The van der Waals surface area contributed by atoms with Crippen LogP contribution in [0.25, 0.3) is 5.69 Å². The van der Waals surface area contributed by atoms with Crippen LogP contribution in [0.1, 0.15) is 27.2 Å². The number of carbonyl (C=O) groups is 1. The maximum atomic E-state index is 13.3. The summed E-state index contributed by atoms with van der Waals surface area (Å²) in [6, 6.07) is 16.2. The van der Waals surface area contributed by atoms with Crippen LogP contribution in [0.2, 0.25) is 0 Å². The summed E-state index contributed by atoms with van der Waals surface area (Å²) >= 11 is 0. The highest BCUT2D eigenvalue weighted by atomic mass is 19.4. The molecule has 0 atom stereocenters. The van der Waals surface area contributed by atoms with Crippen LogP contribution in [0.4, 0.5) is 18.9 Å². The second-order valence-electron chi connectivity index (χ2n) is 7.67. The van der Waals surface area contributed by atoms with Crippen molar-refractivity contribution in [3.63, 3.8) is 0 Å². The molecule has 0 bridgehead atoms. The summed E-state index contributed by atoms with van der Waals surface area (Å²) in [5.74, 6) is -0.367. The minimum atomic E-state index is -4.50. The molecule has 0 radical (unpaired) electrons. The number of hydrogen-bond acceptors (Lipinski definition) is 3. The SMILES string of the molecule is Cc1ccccc1N1CCN(C(=O)c2c(C#N)ccn2-c2cccc(C(F)(F)F)c2)CC1. The Kier molecular flexibility index (Phi) is 5.66. The minimum Gasteiger partial charge on any atom is -0.368 e. The number of nitrogens with zero attached hydrogens (tertiary/aromatic N) is 4. The van der Waals surface area contributed by atoms with Gasteiger partial charge in [0.2, 0.25) is 0 Å². The second kappa shape index (κ2) is 8.42. The lowest BCUT2D eigenvalue weighted by molar-refractivity contribution is -0.137. The van der Waals surface area contributed by atoms with Gasteiger partial charge in [-0.25, -0.2) is 0 Å². The van der Waals surface area contributed by atoms with Crippen molar-refractivity contribution in [1.29, 1.82) is 5.26 Å². The van der Waals surface area contributed by atoms with Gasteiger partial charge in [-0.1, -0.05) is 24.3 Å². The van der Waals surface area contributed by atoms with Gasteiger partial charge in [0.05, 0.1) is 11.1 Å². The monoisotopic (exact) mass is 438 g/mol. The molecule has 1 aliphatic heterocycles. The van der Waals surface area contributed by atoms with Gasteiger partial charge in [-0.3, -0.25) is 4.79 Å². The number of para-hydroxylation sites is 1. The molecule has 5 nitrogen and oxygen atoms in total. The number of aryl methyl sites for hydroxylation is 1. The number of nitriles is 1. The Morgan fingerprint density at radius 3 is 2.38 bits per heavy atom. The number of rotatable bonds is 3. The summed E-state index contributed by atoms with van der Waals surface area (Å²) in [7, 11) is 0. The highest BCUT2D eigenvalue weighted by molar-refractivity contribution is 5.96. The van der Waals surface area contributed by atoms with E-state index in [1.54, 1.807) is 4.90 Å². The number of hydrogen-bond donors (Lipinski definition) is 0. The molecule has 3 aromatic rings. The Bertz CT molecular complexity index is 1180. The lowest BCUT2D eigenvalue weighted by Gasteiger charge is -2.37. The Morgan fingerprint density at radius 2 is 1.72 bits per heavy atom. The highest BCUT2D eigenvalue weighted by Crippen LogP contribution is 2.31. The lowest BCUT2D eigenvalue weighted by Crippen LogP contribution is -2.49.